The van der Waals surface area contributed by atoms with Crippen molar-refractivity contribution in [1.82, 2.24) is 5.32 Å². The molecule has 2 aliphatic rings. The lowest BCUT2D eigenvalue weighted by molar-refractivity contribution is -0.116. The van der Waals surface area contributed by atoms with Crippen LogP contribution in [-0.4, -0.2) is 23.6 Å². The first-order valence-corrected chi connectivity index (χ1v) is 11.1. The minimum atomic E-state index is -0.300. The van der Waals surface area contributed by atoms with Crippen LogP contribution in [0.4, 0.5) is 10.1 Å². The number of nitrogens with zero attached hydrogens (tertiary/aromatic N) is 1. The Bertz CT molecular complexity index is 916. The Morgan fingerprint density at radius 2 is 1.93 bits per heavy atom. The monoisotopic (exact) mass is 412 g/mol. The van der Waals surface area contributed by atoms with Crippen LogP contribution in [0.15, 0.2) is 47.4 Å². The van der Waals surface area contributed by atoms with Gasteiger partial charge in [0.2, 0.25) is 5.91 Å². The summed E-state index contributed by atoms with van der Waals surface area (Å²) < 4.78 is 13.2. The number of anilines is 1. The maximum Gasteiger partial charge on any atom is 0.251 e. The summed E-state index contributed by atoms with van der Waals surface area (Å²) in [6.45, 7) is 2.55. The highest BCUT2D eigenvalue weighted by Crippen LogP contribution is 2.37. The van der Waals surface area contributed by atoms with Gasteiger partial charge in [0.1, 0.15) is 5.82 Å². The van der Waals surface area contributed by atoms with Crippen LogP contribution in [-0.2, 0) is 11.3 Å². The first-order valence-electron chi connectivity index (χ1n) is 10.1. The van der Waals surface area contributed by atoms with Gasteiger partial charge in [-0.05, 0) is 54.7 Å². The number of hydrogen-bond donors (Lipinski definition) is 1. The second-order valence-electron chi connectivity index (χ2n) is 7.92. The van der Waals surface area contributed by atoms with E-state index in [-0.39, 0.29) is 23.7 Å². The van der Waals surface area contributed by atoms with E-state index in [4.69, 9.17) is 0 Å². The lowest BCUT2D eigenvalue weighted by Crippen LogP contribution is -2.41. The van der Waals surface area contributed by atoms with Gasteiger partial charge < -0.3 is 10.2 Å². The average Bonchev–Trinajstić information content (AvgIpc) is 2.73. The predicted octanol–water partition coefficient (Wildman–Crippen LogP) is 4.77. The van der Waals surface area contributed by atoms with E-state index in [1.807, 2.05) is 18.2 Å². The molecule has 0 radical (unpaired) electrons. The number of carbonyl (C=O) groups excluding carboxylic acids is 2. The zero-order chi connectivity index (χ0) is 20.4. The molecule has 2 aromatic carbocycles. The molecule has 1 N–H and O–H groups in total. The lowest BCUT2D eigenvalue weighted by atomic mass is 9.86. The Hall–Kier alpha value is -2.34. The lowest BCUT2D eigenvalue weighted by Gasteiger charge is -2.31. The number of nitrogens with one attached hydrogen (secondary N) is 1. The van der Waals surface area contributed by atoms with Crippen molar-refractivity contribution in [2.75, 3.05) is 10.7 Å². The van der Waals surface area contributed by atoms with E-state index in [1.165, 1.54) is 30.3 Å². The molecule has 2 atom stereocenters. The summed E-state index contributed by atoms with van der Waals surface area (Å²) in [6.07, 6.45) is 4.54. The van der Waals surface area contributed by atoms with Crippen molar-refractivity contribution >= 4 is 29.3 Å². The second kappa shape index (κ2) is 8.57. The Morgan fingerprint density at radius 3 is 2.69 bits per heavy atom. The molecule has 1 saturated carbocycles. The fourth-order valence-corrected chi connectivity index (χ4v) is 4.99. The number of fused-ring (bicyclic) bond motifs is 1. The molecule has 29 heavy (non-hydrogen) atoms. The van der Waals surface area contributed by atoms with Gasteiger partial charge >= 0.3 is 0 Å². The molecule has 4 nitrogen and oxygen atoms in total. The first-order chi connectivity index (χ1) is 14.0. The number of amides is 2. The van der Waals surface area contributed by atoms with Gasteiger partial charge in [0, 0.05) is 16.5 Å². The number of carbonyl (C=O) groups is 2. The Balaban J connectivity index is 1.56. The van der Waals surface area contributed by atoms with Crippen molar-refractivity contribution in [2.45, 2.75) is 50.1 Å². The van der Waals surface area contributed by atoms with E-state index < -0.39 is 0 Å². The van der Waals surface area contributed by atoms with Gasteiger partial charge in [0.05, 0.1) is 18.0 Å². The van der Waals surface area contributed by atoms with Gasteiger partial charge in [-0.2, -0.15) is 0 Å². The minimum Gasteiger partial charge on any atom is -0.349 e. The van der Waals surface area contributed by atoms with Crippen LogP contribution in [0.2, 0.25) is 0 Å². The quantitative estimate of drug-likeness (QED) is 0.787. The number of thioether (sulfide) groups is 1. The highest BCUT2D eigenvalue weighted by molar-refractivity contribution is 8.00. The normalized spacial score (nSPS) is 21.6. The summed E-state index contributed by atoms with van der Waals surface area (Å²) in [5.74, 6) is 0.448. The molecule has 0 bridgehead atoms. The van der Waals surface area contributed by atoms with E-state index in [9.17, 15) is 14.0 Å². The van der Waals surface area contributed by atoms with Gasteiger partial charge in [-0.3, -0.25) is 9.59 Å². The van der Waals surface area contributed by atoms with Gasteiger partial charge in [-0.15, -0.1) is 11.8 Å². The first kappa shape index (κ1) is 20.0. The van der Waals surface area contributed by atoms with E-state index >= 15 is 0 Å². The molecule has 0 aromatic heterocycles. The van der Waals surface area contributed by atoms with Crippen molar-refractivity contribution in [3.63, 3.8) is 0 Å². The van der Waals surface area contributed by atoms with Crippen LogP contribution >= 0.6 is 11.8 Å². The summed E-state index contributed by atoms with van der Waals surface area (Å²) in [5, 5.41) is 3.18. The summed E-state index contributed by atoms with van der Waals surface area (Å²) in [4.78, 5) is 28.1. The molecule has 152 valence electrons. The number of halogens is 1. The van der Waals surface area contributed by atoms with Crippen LogP contribution in [0.1, 0.15) is 48.5 Å². The zero-order valence-electron chi connectivity index (χ0n) is 16.5. The summed E-state index contributed by atoms with van der Waals surface area (Å²) in [6, 6.07) is 11.9. The molecule has 1 aliphatic carbocycles. The van der Waals surface area contributed by atoms with Crippen LogP contribution < -0.4 is 10.2 Å². The van der Waals surface area contributed by atoms with Gasteiger partial charge in [-0.25, -0.2) is 4.39 Å². The van der Waals surface area contributed by atoms with Gasteiger partial charge in [0.15, 0.2) is 0 Å². The van der Waals surface area contributed by atoms with Crippen molar-refractivity contribution in [3.05, 3.63) is 59.4 Å². The number of rotatable bonds is 4. The molecule has 4 rings (SSSR count). The molecule has 2 aromatic rings. The van der Waals surface area contributed by atoms with Crippen LogP contribution in [0.5, 0.6) is 0 Å². The SMILES string of the molecule is C[C@H]1CCCC[C@H]1NC(=O)c1ccc2c(c1)N(Cc1ccc(F)cc1)C(=O)CS2. The standard InChI is InChI=1S/C23H25FN2O2S/c1-15-4-2-3-5-19(15)25-23(28)17-8-11-21-20(12-17)26(22(27)14-29-21)13-16-6-9-18(24)10-7-16/h6-12,15,19H,2-5,13-14H2,1H3,(H,25,28)/t15-,19+/m0/s1. The third-order valence-corrected chi connectivity index (χ3v) is 6.89. The van der Waals surface area contributed by atoms with E-state index in [1.54, 1.807) is 17.0 Å². The van der Waals surface area contributed by atoms with Crippen molar-refractivity contribution in [1.29, 1.82) is 0 Å². The molecule has 1 aliphatic heterocycles. The Morgan fingerprint density at radius 1 is 1.17 bits per heavy atom. The highest BCUT2D eigenvalue weighted by Gasteiger charge is 2.27. The zero-order valence-corrected chi connectivity index (χ0v) is 17.3. The van der Waals surface area contributed by atoms with E-state index in [2.05, 4.69) is 12.2 Å². The Labute approximate surface area is 174 Å². The van der Waals surface area contributed by atoms with Crippen LogP contribution in [0, 0.1) is 11.7 Å². The molecular weight excluding hydrogens is 387 g/mol. The molecule has 1 heterocycles. The van der Waals surface area contributed by atoms with E-state index in [0.29, 0.717) is 23.8 Å². The third kappa shape index (κ3) is 4.47. The van der Waals surface area contributed by atoms with Crippen LogP contribution in [0.3, 0.4) is 0 Å². The largest absolute Gasteiger partial charge is 0.349 e. The number of benzene rings is 2. The molecule has 0 unspecified atom stereocenters. The maximum absolute atomic E-state index is 13.2. The van der Waals surface area contributed by atoms with Gasteiger partial charge in [0.25, 0.3) is 5.91 Å². The molecule has 0 spiro atoms. The van der Waals surface area contributed by atoms with Gasteiger partial charge in [-0.1, -0.05) is 31.9 Å². The molecular formula is C23H25FN2O2S. The second-order valence-corrected chi connectivity index (χ2v) is 8.94. The molecule has 6 heteroatoms. The predicted molar refractivity (Wildman–Crippen MR) is 114 cm³/mol. The highest BCUT2D eigenvalue weighted by atomic mass is 32.2. The van der Waals surface area contributed by atoms with Crippen molar-refractivity contribution < 1.29 is 14.0 Å². The minimum absolute atomic E-state index is 0.00899. The smallest absolute Gasteiger partial charge is 0.251 e. The third-order valence-electron chi connectivity index (χ3n) is 5.85. The maximum atomic E-state index is 13.2. The summed E-state index contributed by atoms with van der Waals surface area (Å²) in [5.41, 5.74) is 2.17. The average molecular weight is 413 g/mol. The van der Waals surface area contributed by atoms with Crippen molar-refractivity contribution in [2.24, 2.45) is 5.92 Å². The van der Waals surface area contributed by atoms with Crippen LogP contribution in [0.25, 0.3) is 0 Å². The summed E-state index contributed by atoms with van der Waals surface area (Å²) in [7, 11) is 0. The molecule has 2 amide bonds. The topological polar surface area (TPSA) is 49.4 Å². The molecule has 0 saturated heterocycles. The number of hydrogen-bond acceptors (Lipinski definition) is 3. The summed E-state index contributed by atoms with van der Waals surface area (Å²) >= 11 is 1.49. The molecule has 1 fully saturated rings. The van der Waals surface area contributed by atoms with E-state index in [0.717, 1.165) is 35.4 Å². The van der Waals surface area contributed by atoms with Crippen molar-refractivity contribution in [3.8, 4) is 0 Å². The Kier molecular flexibility index (Phi) is 5.90. The fraction of sp³-hybridized carbons (Fsp3) is 0.391. The fourth-order valence-electron chi connectivity index (χ4n) is 4.07.